The third-order valence-electron chi connectivity index (χ3n) is 2.42. The maximum atomic E-state index is 11.2. The highest BCUT2D eigenvalue weighted by molar-refractivity contribution is 5.59. The second kappa shape index (κ2) is 12.4. The molecule has 0 bridgehead atoms. The average Bonchev–Trinajstić information content (AvgIpc) is 2.56. The Kier molecular flexibility index (Phi) is 11.5. The molecule has 0 spiro atoms. The molecule has 0 aromatic heterocycles. The summed E-state index contributed by atoms with van der Waals surface area (Å²) in [6.07, 6.45) is -2.06. The van der Waals surface area contributed by atoms with Crippen molar-refractivity contribution in [3.63, 3.8) is 0 Å². The van der Waals surface area contributed by atoms with Gasteiger partial charge < -0.3 is 9.47 Å². The quantitative estimate of drug-likeness (QED) is 0.229. The zero-order valence-corrected chi connectivity index (χ0v) is 17.7. The molecule has 0 amide bonds. The molecular formula is C18H30O10. The van der Waals surface area contributed by atoms with Crippen LogP contribution in [0.1, 0.15) is 55.4 Å². The normalized spacial score (nSPS) is 11.6. The molecule has 28 heavy (non-hydrogen) atoms. The molecule has 0 aromatic carbocycles. The molecule has 0 aliphatic rings. The lowest BCUT2D eigenvalue weighted by Crippen LogP contribution is -2.28. The molecule has 0 unspecified atom stereocenters. The van der Waals surface area contributed by atoms with E-state index in [-0.39, 0.29) is 25.0 Å². The maximum Gasteiger partial charge on any atom is 0.542 e. The van der Waals surface area contributed by atoms with Gasteiger partial charge in [-0.05, 0) is 49.6 Å². The van der Waals surface area contributed by atoms with E-state index in [1.165, 1.54) is 0 Å². The van der Waals surface area contributed by atoms with E-state index in [2.05, 4.69) is 31.7 Å². The van der Waals surface area contributed by atoms with Crippen LogP contribution in [-0.4, -0.2) is 36.7 Å². The summed E-state index contributed by atoms with van der Waals surface area (Å²) in [5.74, 6) is 5.70. The van der Waals surface area contributed by atoms with Gasteiger partial charge in [-0.15, -0.1) is 0 Å². The summed E-state index contributed by atoms with van der Waals surface area (Å²) in [5, 5.41) is 8.76. The SMILES string of the molecule is CC(C)COC(=O)OOOC(C)(C)C#CC(C)(C)OOOC(=O)OCC(C)C. The van der Waals surface area contributed by atoms with Crippen LogP contribution in [0.15, 0.2) is 0 Å². The van der Waals surface area contributed by atoms with Gasteiger partial charge in [-0.25, -0.2) is 19.4 Å². The Hall–Kier alpha value is -2.06. The molecule has 0 N–H and O–H groups in total. The minimum Gasteiger partial charge on any atom is -0.432 e. The highest BCUT2D eigenvalue weighted by atomic mass is 17.5. The van der Waals surface area contributed by atoms with Gasteiger partial charge in [0.2, 0.25) is 0 Å². The van der Waals surface area contributed by atoms with Crippen molar-refractivity contribution in [2.75, 3.05) is 13.2 Å². The van der Waals surface area contributed by atoms with Crippen LogP contribution in [0.4, 0.5) is 9.59 Å². The van der Waals surface area contributed by atoms with Gasteiger partial charge in [0.1, 0.15) is 0 Å². The van der Waals surface area contributed by atoms with Crippen LogP contribution < -0.4 is 0 Å². The summed E-state index contributed by atoms with van der Waals surface area (Å²) in [4.78, 5) is 40.9. The van der Waals surface area contributed by atoms with Crippen molar-refractivity contribution in [1.29, 1.82) is 0 Å². The molecule has 0 aliphatic heterocycles. The highest BCUT2D eigenvalue weighted by Gasteiger charge is 2.23. The Morgan fingerprint density at radius 3 is 1.32 bits per heavy atom. The lowest BCUT2D eigenvalue weighted by Gasteiger charge is -2.18. The molecule has 10 nitrogen and oxygen atoms in total. The summed E-state index contributed by atoms with van der Waals surface area (Å²) >= 11 is 0. The van der Waals surface area contributed by atoms with E-state index in [9.17, 15) is 9.59 Å². The van der Waals surface area contributed by atoms with Crippen LogP contribution in [0.5, 0.6) is 0 Å². The molecule has 0 saturated carbocycles. The van der Waals surface area contributed by atoms with Gasteiger partial charge in [-0.1, -0.05) is 39.5 Å². The van der Waals surface area contributed by atoms with Crippen molar-refractivity contribution in [2.24, 2.45) is 11.8 Å². The van der Waals surface area contributed by atoms with E-state index < -0.39 is 23.5 Å². The van der Waals surface area contributed by atoms with E-state index >= 15 is 0 Å². The molecule has 0 saturated heterocycles. The zero-order chi connectivity index (χ0) is 21.8. The number of carbonyl (C=O) groups is 2. The Morgan fingerprint density at radius 2 is 1.04 bits per heavy atom. The molecule has 162 valence electrons. The molecule has 0 aromatic rings. The van der Waals surface area contributed by atoms with E-state index in [1.54, 1.807) is 27.7 Å². The van der Waals surface area contributed by atoms with Crippen LogP contribution in [0.25, 0.3) is 0 Å². The minimum absolute atomic E-state index is 0.154. The highest BCUT2D eigenvalue weighted by Crippen LogP contribution is 2.13. The van der Waals surface area contributed by atoms with E-state index in [0.29, 0.717) is 0 Å². The Bertz CT molecular complexity index is 496. The molecule has 0 atom stereocenters. The van der Waals surface area contributed by atoms with Crippen molar-refractivity contribution in [3.05, 3.63) is 0 Å². The van der Waals surface area contributed by atoms with Crippen LogP contribution in [0.3, 0.4) is 0 Å². The Labute approximate surface area is 165 Å². The summed E-state index contributed by atoms with van der Waals surface area (Å²) in [7, 11) is 0. The zero-order valence-electron chi connectivity index (χ0n) is 17.7. The molecule has 0 radical (unpaired) electrons. The summed E-state index contributed by atoms with van der Waals surface area (Å²) < 4.78 is 9.47. The number of ether oxygens (including phenoxy) is 2. The standard InChI is InChI=1S/C18H30O10/c1-13(2)11-21-15(19)23-27-25-17(5,6)9-10-18(7,8)26-28-24-16(20)22-12-14(3)4/h13-14H,11-12H2,1-8H3. The van der Waals surface area contributed by atoms with Gasteiger partial charge in [0.05, 0.1) is 13.2 Å². The number of rotatable bonds is 10. The monoisotopic (exact) mass is 406 g/mol. The van der Waals surface area contributed by atoms with Gasteiger partial charge in [-0.3, -0.25) is 0 Å². The van der Waals surface area contributed by atoms with Crippen LogP contribution in [-0.2, 0) is 39.1 Å². The van der Waals surface area contributed by atoms with Gasteiger partial charge in [0.15, 0.2) is 11.2 Å². The first-order valence-electron chi connectivity index (χ1n) is 8.75. The van der Waals surface area contributed by atoms with Crippen LogP contribution in [0.2, 0.25) is 0 Å². The fraction of sp³-hybridized carbons (Fsp3) is 0.778. The molecular weight excluding hydrogens is 376 g/mol. The molecule has 0 fully saturated rings. The lowest BCUT2D eigenvalue weighted by molar-refractivity contribution is -0.510. The number of hydrogen-bond donors (Lipinski definition) is 0. The molecule has 0 heterocycles. The van der Waals surface area contributed by atoms with Crippen molar-refractivity contribution in [3.8, 4) is 11.8 Å². The van der Waals surface area contributed by atoms with E-state index in [0.717, 1.165) is 0 Å². The lowest BCUT2D eigenvalue weighted by atomic mass is 10.1. The number of carbonyl (C=O) groups excluding carboxylic acids is 2. The summed E-state index contributed by atoms with van der Waals surface area (Å²) in [5.41, 5.74) is -2.34. The largest absolute Gasteiger partial charge is 0.542 e. The number of hydrogen-bond acceptors (Lipinski definition) is 10. The van der Waals surface area contributed by atoms with Crippen molar-refractivity contribution in [2.45, 2.75) is 66.6 Å². The predicted molar refractivity (Wildman–Crippen MR) is 94.8 cm³/mol. The van der Waals surface area contributed by atoms with E-state index in [1.807, 2.05) is 27.7 Å². The summed E-state index contributed by atoms with van der Waals surface area (Å²) in [6, 6.07) is 0. The van der Waals surface area contributed by atoms with Gasteiger partial charge in [-0.2, -0.15) is 9.78 Å². The fourth-order valence-electron chi connectivity index (χ4n) is 1.12. The molecule has 0 aliphatic carbocycles. The topological polar surface area (TPSA) is 108 Å². The third kappa shape index (κ3) is 15.0. The maximum absolute atomic E-state index is 11.2. The van der Waals surface area contributed by atoms with Crippen LogP contribution in [0, 0.1) is 23.7 Å². The molecule has 10 heteroatoms. The first-order valence-corrected chi connectivity index (χ1v) is 8.75. The van der Waals surface area contributed by atoms with Crippen molar-refractivity contribution in [1.82, 2.24) is 0 Å². The Balaban J connectivity index is 4.29. The third-order valence-corrected chi connectivity index (χ3v) is 2.42. The van der Waals surface area contributed by atoms with Gasteiger partial charge in [0.25, 0.3) is 0 Å². The van der Waals surface area contributed by atoms with Crippen molar-refractivity contribution < 1.29 is 48.7 Å². The van der Waals surface area contributed by atoms with Gasteiger partial charge in [0, 0.05) is 0 Å². The van der Waals surface area contributed by atoms with Crippen molar-refractivity contribution >= 4 is 12.3 Å². The first-order chi connectivity index (χ1) is 12.8. The fourth-order valence-corrected chi connectivity index (χ4v) is 1.12. The predicted octanol–water partition coefficient (Wildman–Crippen LogP) is 3.89. The molecule has 0 rings (SSSR count). The first kappa shape index (κ1) is 25.9. The van der Waals surface area contributed by atoms with E-state index in [4.69, 9.17) is 19.2 Å². The smallest absolute Gasteiger partial charge is 0.432 e. The van der Waals surface area contributed by atoms with Crippen LogP contribution >= 0.6 is 0 Å². The minimum atomic E-state index is -1.17. The second-order valence-electron chi connectivity index (χ2n) is 7.65. The average molecular weight is 406 g/mol. The second-order valence-corrected chi connectivity index (χ2v) is 7.65. The Morgan fingerprint density at radius 1 is 0.714 bits per heavy atom. The summed E-state index contributed by atoms with van der Waals surface area (Å²) in [6.45, 7) is 14.1. The van der Waals surface area contributed by atoms with Gasteiger partial charge >= 0.3 is 12.3 Å².